The molecule has 2 aromatic carbocycles. The van der Waals surface area contributed by atoms with Crippen LogP contribution in [0.4, 0.5) is 10.8 Å². The first-order valence-electron chi connectivity index (χ1n) is 9.66. The predicted molar refractivity (Wildman–Crippen MR) is 119 cm³/mol. The smallest absolute Gasteiger partial charge is 0.257 e. The molecule has 9 heteroatoms. The molecule has 4 rings (SSSR count). The molecule has 3 aromatic rings. The SMILES string of the molecule is Nc1cccc(-c2csc(NC(=O)c3ccc(S(=O)(=O)N4CCCCC4)cc3)n2)c1. The molecule has 0 bridgehead atoms. The lowest BCUT2D eigenvalue weighted by molar-refractivity contribution is 0.102. The number of nitrogens with zero attached hydrogens (tertiary/aromatic N) is 2. The quantitative estimate of drug-likeness (QED) is 0.585. The molecule has 0 unspecified atom stereocenters. The average Bonchev–Trinajstić information content (AvgIpc) is 3.23. The van der Waals surface area contributed by atoms with Gasteiger partial charge in [0.05, 0.1) is 10.6 Å². The summed E-state index contributed by atoms with van der Waals surface area (Å²) in [4.78, 5) is 17.2. The van der Waals surface area contributed by atoms with E-state index < -0.39 is 10.0 Å². The first kappa shape index (κ1) is 20.5. The van der Waals surface area contributed by atoms with Crippen molar-refractivity contribution in [3.8, 4) is 11.3 Å². The number of rotatable bonds is 5. The molecule has 7 nitrogen and oxygen atoms in total. The van der Waals surface area contributed by atoms with Crippen LogP contribution in [0.2, 0.25) is 0 Å². The average molecular weight is 443 g/mol. The highest BCUT2D eigenvalue weighted by molar-refractivity contribution is 7.89. The van der Waals surface area contributed by atoms with E-state index in [0.29, 0.717) is 29.5 Å². The molecule has 30 heavy (non-hydrogen) atoms. The van der Waals surface area contributed by atoms with Crippen LogP contribution in [-0.4, -0.2) is 36.7 Å². The number of hydrogen-bond donors (Lipinski definition) is 2. The fourth-order valence-corrected chi connectivity index (χ4v) is 5.60. The van der Waals surface area contributed by atoms with Gasteiger partial charge in [-0.3, -0.25) is 10.1 Å². The van der Waals surface area contributed by atoms with Gasteiger partial charge in [-0.2, -0.15) is 4.31 Å². The van der Waals surface area contributed by atoms with E-state index in [1.807, 2.05) is 23.6 Å². The van der Waals surface area contributed by atoms with E-state index >= 15 is 0 Å². The largest absolute Gasteiger partial charge is 0.399 e. The number of carbonyl (C=O) groups is 1. The van der Waals surface area contributed by atoms with Crippen molar-refractivity contribution >= 4 is 38.1 Å². The van der Waals surface area contributed by atoms with E-state index in [1.165, 1.54) is 39.9 Å². The van der Waals surface area contributed by atoms with Crippen LogP contribution in [0.15, 0.2) is 58.8 Å². The molecule has 0 radical (unpaired) electrons. The maximum Gasteiger partial charge on any atom is 0.257 e. The van der Waals surface area contributed by atoms with Crippen LogP contribution in [-0.2, 0) is 10.0 Å². The Morgan fingerprint density at radius 2 is 1.80 bits per heavy atom. The van der Waals surface area contributed by atoms with Crippen LogP contribution in [0.3, 0.4) is 0 Å². The molecule has 3 N–H and O–H groups in total. The minimum atomic E-state index is -3.51. The number of nitrogens with one attached hydrogen (secondary N) is 1. The Morgan fingerprint density at radius 3 is 2.50 bits per heavy atom. The number of benzene rings is 2. The van der Waals surface area contributed by atoms with Crippen molar-refractivity contribution in [1.82, 2.24) is 9.29 Å². The number of anilines is 2. The standard InChI is InChI=1S/C21H22N4O3S2/c22-17-6-4-5-16(13-17)19-14-29-21(23-19)24-20(26)15-7-9-18(10-8-15)30(27,28)25-11-2-1-3-12-25/h4-10,13-14H,1-3,11-12,22H2,(H,23,24,26). The molecule has 0 aliphatic carbocycles. The zero-order valence-corrected chi connectivity index (χ0v) is 17.9. The van der Waals surface area contributed by atoms with Gasteiger partial charge in [-0.25, -0.2) is 13.4 Å². The molecule has 1 aromatic heterocycles. The van der Waals surface area contributed by atoms with Crippen LogP contribution in [0, 0.1) is 0 Å². The summed E-state index contributed by atoms with van der Waals surface area (Å²) in [5.41, 5.74) is 8.42. The van der Waals surface area contributed by atoms with Gasteiger partial charge in [-0.15, -0.1) is 11.3 Å². The summed E-state index contributed by atoms with van der Waals surface area (Å²) in [7, 11) is -3.51. The Balaban J connectivity index is 1.45. The minimum absolute atomic E-state index is 0.208. The molecular weight excluding hydrogens is 420 g/mol. The van der Waals surface area contributed by atoms with Gasteiger partial charge in [0.2, 0.25) is 10.0 Å². The van der Waals surface area contributed by atoms with E-state index in [0.717, 1.165) is 30.5 Å². The van der Waals surface area contributed by atoms with E-state index in [4.69, 9.17) is 5.73 Å². The van der Waals surface area contributed by atoms with Crippen molar-refractivity contribution in [1.29, 1.82) is 0 Å². The van der Waals surface area contributed by atoms with Crippen LogP contribution in [0.1, 0.15) is 29.6 Å². The predicted octanol–water partition coefficient (Wildman–Crippen LogP) is 3.82. The fourth-order valence-electron chi connectivity index (χ4n) is 3.36. The van der Waals surface area contributed by atoms with Gasteiger partial charge in [-0.1, -0.05) is 18.6 Å². The monoisotopic (exact) mass is 442 g/mol. The number of amides is 1. The van der Waals surface area contributed by atoms with E-state index in [9.17, 15) is 13.2 Å². The lowest BCUT2D eigenvalue weighted by Crippen LogP contribution is -2.35. The highest BCUT2D eigenvalue weighted by atomic mass is 32.2. The van der Waals surface area contributed by atoms with Gasteiger partial charge in [0.25, 0.3) is 5.91 Å². The Labute approximate surface area is 179 Å². The Kier molecular flexibility index (Phi) is 5.85. The molecule has 0 saturated carbocycles. The van der Waals surface area contributed by atoms with Gasteiger partial charge < -0.3 is 5.73 Å². The number of aromatic nitrogens is 1. The fraction of sp³-hybridized carbons (Fsp3) is 0.238. The maximum atomic E-state index is 12.7. The van der Waals surface area contributed by atoms with Crippen molar-refractivity contribution < 1.29 is 13.2 Å². The third-order valence-electron chi connectivity index (χ3n) is 4.98. The first-order valence-corrected chi connectivity index (χ1v) is 12.0. The number of sulfonamides is 1. The summed E-state index contributed by atoms with van der Waals surface area (Å²) < 4.78 is 27.0. The van der Waals surface area contributed by atoms with Crippen molar-refractivity contribution in [3.05, 3.63) is 59.5 Å². The summed E-state index contributed by atoms with van der Waals surface area (Å²) in [6.45, 7) is 1.09. The number of thiazole rings is 1. The van der Waals surface area contributed by atoms with Crippen LogP contribution >= 0.6 is 11.3 Å². The summed E-state index contributed by atoms with van der Waals surface area (Å²) >= 11 is 1.31. The lowest BCUT2D eigenvalue weighted by Gasteiger charge is -2.25. The zero-order chi connectivity index (χ0) is 21.1. The van der Waals surface area contributed by atoms with E-state index in [-0.39, 0.29) is 10.8 Å². The van der Waals surface area contributed by atoms with E-state index in [1.54, 1.807) is 6.07 Å². The second kappa shape index (κ2) is 8.55. The topological polar surface area (TPSA) is 105 Å². The van der Waals surface area contributed by atoms with E-state index in [2.05, 4.69) is 10.3 Å². The van der Waals surface area contributed by atoms with Gasteiger partial charge >= 0.3 is 0 Å². The number of hydrogen-bond acceptors (Lipinski definition) is 6. The van der Waals surface area contributed by atoms with Crippen LogP contribution in [0.25, 0.3) is 11.3 Å². The van der Waals surface area contributed by atoms with Gasteiger partial charge in [0, 0.05) is 35.3 Å². The summed E-state index contributed by atoms with van der Waals surface area (Å²) in [5, 5.41) is 5.07. The molecule has 1 fully saturated rings. The first-order chi connectivity index (χ1) is 14.4. The lowest BCUT2D eigenvalue weighted by atomic mass is 10.1. The summed E-state index contributed by atoms with van der Waals surface area (Å²) in [6, 6.07) is 13.4. The van der Waals surface area contributed by atoms with Crippen molar-refractivity contribution in [2.75, 3.05) is 24.1 Å². The Morgan fingerprint density at radius 1 is 1.07 bits per heavy atom. The normalized spacial score (nSPS) is 15.1. The van der Waals surface area contributed by atoms with Crippen LogP contribution in [0.5, 0.6) is 0 Å². The van der Waals surface area contributed by atoms with Gasteiger partial charge in [-0.05, 0) is 49.2 Å². The second-order valence-corrected chi connectivity index (χ2v) is 9.90. The summed E-state index contributed by atoms with van der Waals surface area (Å²) in [6.07, 6.45) is 2.82. The third-order valence-corrected chi connectivity index (χ3v) is 7.65. The summed E-state index contributed by atoms with van der Waals surface area (Å²) in [5.74, 6) is -0.342. The third kappa shape index (κ3) is 4.38. The molecule has 1 saturated heterocycles. The number of nitrogens with two attached hydrogens (primary N) is 1. The van der Waals surface area contributed by atoms with Crippen molar-refractivity contribution in [2.45, 2.75) is 24.2 Å². The van der Waals surface area contributed by atoms with Gasteiger partial charge in [0.1, 0.15) is 0 Å². The van der Waals surface area contributed by atoms with Crippen LogP contribution < -0.4 is 11.1 Å². The Bertz CT molecular complexity index is 1150. The molecule has 1 amide bonds. The number of carbonyl (C=O) groups excluding carboxylic acids is 1. The molecule has 1 aliphatic rings. The highest BCUT2D eigenvalue weighted by Gasteiger charge is 2.26. The molecule has 1 aliphatic heterocycles. The Hall–Kier alpha value is -2.75. The molecule has 0 atom stereocenters. The minimum Gasteiger partial charge on any atom is -0.399 e. The second-order valence-electron chi connectivity index (χ2n) is 7.11. The molecule has 2 heterocycles. The molecule has 0 spiro atoms. The highest BCUT2D eigenvalue weighted by Crippen LogP contribution is 2.27. The van der Waals surface area contributed by atoms with Gasteiger partial charge in [0.15, 0.2) is 5.13 Å². The number of nitrogen functional groups attached to an aromatic ring is 1. The molecule has 156 valence electrons. The molecular formula is C21H22N4O3S2. The van der Waals surface area contributed by atoms with Crippen molar-refractivity contribution in [2.24, 2.45) is 0 Å². The maximum absolute atomic E-state index is 12.7. The number of piperidine rings is 1. The van der Waals surface area contributed by atoms with Crippen molar-refractivity contribution in [3.63, 3.8) is 0 Å². The zero-order valence-electron chi connectivity index (χ0n) is 16.2.